The van der Waals surface area contributed by atoms with Crippen LogP contribution in [0.5, 0.6) is 0 Å². The van der Waals surface area contributed by atoms with E-state index in [2.05, 4.69) is 32.8 Å². The van der Waals surface area contributed by atoms with Gasteiger partial charge < -0.3 is 14.8 Å². The zero-order chi connectivity index (χ0) is 18.6. The van der Waals surface area contributed by atoms with Gasteiger partial charge in [-0.1, -0.05) is 12.1 Å². The number of aromatic amines is 1. The Bertz CT molecular complexity index is 902. The SMILES string of the molecule is Cc1cnccc1N1CCCN(C(=O)CCc2nc3ccccc3[nH]2)CC1. The number of amides is 1. The summed E-state index contributed by atoms with van der Waals surface area (Å²) in [5, 5.41) is 0. The summed E-state index contributed by atoms with van der Waals surface area (Å²) >= 11 is 0. The molecule has 0 saturated carbocycles. The zero-order valence-corrected chi connectivity index (χ0v) is 15.7. The lowest BCUT2D eigenvalue weighted by molar-refractivity contribution is -0.130. The second-order valence-corrected chi connectivity index (χ2v) is 7.08. The van der Waals surface area contributed by atoms with Gasteiger partial charge in [-0.15, -0.1) is 0 Å². The maximum atomic E-state index is 12.7. The molecule has 1 N–H and O–H groups in total. The number of imidazole rings is 1. The number of pyridine rings is 1. The number of nitrogens with zero attached hydrogens (tertiary/aromatic N) is 4. The summed E-state index contributed by atoms with van der Waals surface area (Å²) in [7, 11) is 0. The molecule has 0 atom stereocenters. The van der Waals surface area contributed by atoms with Gasteiger partial charge in [-0.25, -0.2) is 4.98 Å². The number of rotatable bonds is 4. The van der Waals surface area contributed by atoms with E-state index in [0.717, 1.165) is 49.5 Å². The molecular formula is C21H25N5O. The van der Waals surface area contributed by atoms with E-state index in [-0.39, 0.29) is 5.91 Å². The van der Waals surface area contributed by atoms with E-state index in [0.29, 0.717) is 12.8 Å². The summed E-state index contributed by atoms with van der Waals surface area (Å²) in [6.07, 6.45) is 5.86. The normalized spacial score (nSPS) is 15.1. The first kappa shape index (κ1) is 17.5. The van der Waals surface area contributed by atoms with Crippen LogP contribution in [0.4, 0.5) is 5.69 Å². The fraction of sp³-hybridized carbons (Fsp3) is 0.381. The number of fused-ring (bicyclic) bond motifs is 1. The fourth-order valence-corrected chi connectivity index (χ4v) is 3.74. The molecule has 27 heavy (non-hydrogen) atoms. The van der Waals surface area contributed by atoms with Gasteiger partial charge in [0.2, 0.25) is 5.91 Å². The van der Waals surface area contributed by atoms with Crippen LogP contribution in [0.3, 0.4) is 0 Å². The van der Waals surface area contributed by atoms with Gasteiger partial charge in [-0.2, -0.15) is 0 Å². The number of para-hydroxylation sites is 2. The van der Waals surface area contributed by atoms with Crippen LogP contribution in [-0.2, 0) is 11.2 Å². The van der Waals surface area contributed by atoms with Gasteiger partial charge in [0, 0.05) is 57.1 Å². The lowest BCUT2D eigenvalue weighted by Gasteiger charge is -2.25. The molecule has 0 spiro atoms. The molecule has 6 nitrogen and oxygen atoms in total. The van der Waals surface area contributed by atoms with Crippen LogP contribution in [0, 0.1) is 6.92 Å². The summed E-state index contributed by atoms with van der Waals surface area (Å²) in [6, 6.07) is 10.0. The topological polar surface area (TPSA) is 65.1 Å². The Hall–Kier alpha value is -2.89. The van der Waals surface area contributed by atoms with E-state index in [9.17, 15) is 4.79 Å². The summed E-state index contributed by atoms with van der Waals surface area (Å²) in [4.78, 5) is 29.1. The molecule has 2 aromatic heterocycles. The number of aryl methyl sites for hydroxylation is 2. The minimum absolute atomic E-state index is 0.212. The number of nitrogens with one attached hydrogen (secondary N) is 1. The zero-order valence-electron chi connectivity index (χ0n) is 15.7. The highest BCUT2D eigenvalue weighted by atomic mass is 16.2. The van der Waals surface area contributed by atoms with Crippen molar-refractivity contribution in [2.45, 2.75) is 26.2 Å². The first-order chi connectivity index (χ1) is 13.2. The summed E-state index contributed by atoms with van der Waals surface area (Å²) < 4.78 is 0. The summed E-state index contributed by atoms with van der Waals surface area (Å²) in [6.45, 7) is 5.50. The minimum Gasteiger partial charge on any atom is -0.369 e. The Kier molecular flexibility index (Phi) is 5.05. The van der Waals surface area contributed by atoms with Gasteiger partial charge in [0.15, 0.2) is 0 Å². The molecule has 0 radical (unpaired) electrons. The van der Waals surface area contributed by atoms with Gasteiger partial charge >= 0.3 is 0 Å². The monoisotopic (exact) mass is 363 g/mol. The Morgan fingerprint density at radius 1 is 1.15 bits per heavy atom. The third kappa shape index (κ3) is 3.94. The predicted molar refractivity (Wildman–Crippen MR) is 107 cm³/mol. The molecule has 3 heterocycles. The van der Waals surface area contributed by atoms with Gasteiger partial charge in [0.05, 0.1) is 11.0 Å². The molecule has 1 fully saturated rings. The van der Waals surface area contributed by atoms with E-state index in [1.165, 1.54) is 11.3 Å². The van der Waals surface area contributed by atoms with Crippen LogP contribution < -0.4 is 4.90 Å². The molecule has 6 heteroatoms. The molecule has 1 aromatic carbocycles. The number of hydrogen-bond acceptors (Lipinski definition) is 4. The largest absolute Gasteiger partial charge is 0.369 e. The van der Waals surface area contributed by atoms with Gasteiger partial charge in [-0.05, 0) is 37.1 Å². The lowest BCUT2D eigenvalue weighted by Crippen LogP contribution is -2.35. The minimum atomic E-state index is 0.212. The first-order valence-electron chi connectivity index (χ1n) is 9.58. The molecule has 0 unspecified atom stereocenters. The maximum Gasteiger partial charge on any atom is 0.223 e. The number of carbonyl (C=O) groups excluding carboxylic acids is 1. The van der Waals surface area contributed by atoms with Crippen molar-refractivity contribution in [2.75, 3.05) is 31.1 Å². The Balaban J connectivity index is 1.34. The average molecular weight is 363 g/mol. The van der Waals surface area contributed by atoms with Gasteiger partial charge in [0.1, 0.15) is 5.82 Å². The number of benzene rings is 1. The quantitative estimate of drug-likeness (QED) is 0.774. The molecule has 0 bridgehead atoms. The Morgan fingerprint density at radius 2 is 2.04 bits per heavy atom. The van der Waals surface area contributed by atoms with Crippen molar-refractivity contribution in [3.05, 3.63) is 54.1 Å². The highest BCUT2D eigenvalue weighted by molar-refractivity contribution is 5.77. The molecular weight excluding hydrogens is 338 g/mol. The molecule has 1 saturated heterocycles. The molecule has 140 valence electrons. The third-order valence-electron chi connectivity index (χ3n) is 5.19. The summed E-state index contributed by atoms with van der Waals surface area (Å²) in [5.41, 5.74) is 4.39. The number of H-pyrrole nitrogens is 1. The standard InChI is InChI=1S/C21H25N5O/c1-16-15-22-10-9-19(16)25-11-4-12-26(14-13-25)21(27)8-7-20-23-17-5-2-3-6-18(17)24-20/h2-3,5-6,9-10,15H,4,7-8,11-14H2,1H3,(H,23,24). The van der Waals surface area contributed by atoms with E-state index in [1.54, 1.807) is 0 Å². The van der Waals surface area contributed by atoms with E-state index in [1.807, 2.05) is 41.6 Å². The number of hydrogen-bond donors (Lipinski definition) is 1. The summed E-state index contributed by atoms with van der Waals surface area (Å²) in [5.74, 6) is 1.09. The molecule has 0 aliphatic carbocycles. The van der Waals surface area contributed by atoms with E-state index >= 15 is 0 Å². The molecule has 3 aromatic rings. The highest BCUT2D eigenvalue weighted by Gasteiger charge is 2.20. The van der Waals surface area contributed by atoms with Crippen LogP contribution >= 0.6 is 0 Å². The van der Waals surface area contributed by atoms with Crippen molar-refractivity contribution in [1.82, 2.24) is 19.9 Å². The first-order valence-corrected chi connectivity index (χ1v) is 9.58. The van der Waals surface area contributed by atoms with E-state index < -0.39 is 0 Å². The average Bonchev–Trinajstić information content (AvgIpc) is 2.94. The van der Waals surface area contributed by atoms with Gasteiger partial charge in [0.25, 0.3) is 0 Å². The molecule has 1 aliphatic rings. The molecule has 4 rings (SSSR count). The Labute approximate surface area is 159 Å². The van der Waals surface area contributed by atoms with Crippen molar-refractivity contribution >= 4 is 22.6 Å². The van der Waals surface area contributed by atoms with Crippen LogP contribution in [0.1, 0.15) is 24.2 Å². The third-order valence-corrected chi connectivity index (χ3v) is 5.19. The second-order valence-electron chi connectivity index (χ2n) is 7.08. The molecule has 1 aliphatic heterocycles. The highest BCUT2D eigenvalue weighted by Crippen LogP contribution is 2.20. The van der Waals surface area contributed by atoms with E-state index in [4.69, 9.17) is 0 Å². The second kappa shape index (κ2) is 7.78. The smallest absolute Gasteiger partial charge is 0.223 e. The van der Waals surface area contributed by atoms with Crippen molar-refractivity contribution in [2.24, 2.45) is 0 Å². The van der Waals surface area contributed by atoms with Crippen LogP contribution in [0.25, 0.3) is 11.0 Å². The number of carbonyl (C=O) groups is 1. The Morgan fingerprint density at radius 3 is 2.89 bits per heavy atom. The van der Waals surface area contributed by atoms with Crippen LogP contribution in [0.2, 0.25) is 0 Å². The van der Waals surface area contributed by atoms with Crippen molar-refractivity contribution in [3.8, 4) is 0 Å². The van der Waals surface area contributed by atoms with Crippen LogP contribution in [-0.4, -0.2) is 51.9 Å². The van der Waals surface area contributed by atoms with Crippen molar-refractivity contribution in [1.29, 1.82) is 0 Å². The van der Waals surface area contributed by atoms with Crippen molar-refractivity contribution in [3.63, 3.8) is 0 Å². The van der Waals surface area contributed by atoms with Gasteiger partial charge in [-0.3, -0.25) is 9.78 Å². The van der Waals surface area contributed by atoms with Crippen molar-refractivity contribution < 1.29 is 4.79 Å². The number of anilines is 1. The lowest BCUT2D eigenvalue weighted by atomic mass is 10.2. The fourth-order valence-electron chi connectivity index (χ4n) is 3.74. The van der Waals surface area contributed by atoms with Crippen LogP contribution in [0.15, 0.2) is 42.7 Å². The predicted octanol–water partition coefficient (Wildman–Crippen LogP) is 2.94. The number of aromatic nitrogens is 3. The molecule has 1 amide bonds. The maximum absolute atomic E-state index is 12.7.